The Labute approximate surface area is 162 Å². The van der Waals surface area contributed by atoms with E-state index in [9.17, 15) is 43.9 Å². The fraction of sp³-hybridized carbons (Fsp3) is 0.308. The number of rotatable bonds is 2. The van der Waals surface area contributed by atoms with Crippen LogP contribution in [0.4, 0.5) is 43.9 Å². The minimum Gasteiger partial charge on any atom is -0.238 e. The quantitative estimate of drug-likeness (QED) is 0.317. The van der Waals surface area contributed by atoms with Gasteiger partial charge in [0.05, 0.1) is 26.0 Å². The van der Waals surface area contributed by atoms with E-state index in [0.717, 1.165) is 12.4 Å². The van der Waals surface area contributed by atoms with E-state index in [1.54, 1.807) is 22.6 Å². The number of halogens is 12. The van der Waals surface area contributed by atoms with E-state index in [-0.39, 0.29) is 6.07 Å². The summed E-state index contributed by atoms with van der Waals surface area (Å²) in [6.07, 6.45) is -16.6. The van der Waals surface area contributed by atoms with Gasteiger partial charge in [-0.1, -0.05) is 11.6 Å². The average molecular weight is 541 g/mol. The number of alkyl halides is 10. The average Bonchev–Trinajstić information content (AvgIpc) is 2.88. The Morgan fingerprint density at radius 2 is 1.41 bits per heavy atom. The van der Waals surface area contributed by atoms with Crippen LogP contribution < -0.4 is 0 Å². The molecule has 0 fully saturated rings. The first-order valence-corrected chi connectivity index (χ1v) is 7.90. The molecule has 0 spiro atoms. The topological polar surface area (TPSA) is 17.8 Å². The Bertz CT molecular complexity index is 838. The lowest BCUT2D eigenvalue weighted by Crippen LogP contribution is -2.50. The number of benzene rings is 1. The molecule has 0 aliphatic heterocycles. The van der Waals surface area contributed by atoms with Crippen molar-refractivity contribution < 1.29 is 43.9 Å². The van der Waals surface area contributed by atoms with E-state index in [1.807, 2.05) is 0 Å². The van der Waals surface area contributed by atoms with Crippen LogP contribution in [0.25, 0.3) is 5.69 Å². The summed E-state index contributed by atoms with van der Waals surface area (Å²) in [6, 6.07) is -0.724. The lowest BCUT2D eigenvalue weighted by Gasteiger charge is -2.31. The second-order valence-electron chi connectivity index (χ2n) is 5.11. The number of hydrogen-bond acceptors (Lipinski definition) is 1. The molecule has 1 heterocycles. The van der Waals surface area contributed by atoms with Gasteiger partial charge in [-0.15, -0.1) is 0 Å². The summed E-state index contributed by atoms with van der Waals surface area (Å²) in [5.41, 5.74) is -11.5. The molecule has 1 aromatic heterocycles. The van der Waals surface area contributed by atoms with Crippen LogP contribution in [-0.4, -0.2) is 22.1 Å². The molecule has 1 aromatic carbocycles. The van der Waals surface area contributed by atoms with Crippen LogP contribution in [0.1, 0.15) is 11.1 Å². The molecule has 0 saturated heterocycles. The van der Waals surface area contributed by atoms with Crippen molar-refractivity contribution in [3.05, 3.63) is 44.2 Å². The second kappa shape index (κ2) is 6.67. The minimum absolute atomic E-state index is 0.151. The Hall–Kier alpha value is -1.25. The molecule has 0 saturated carbocycles. The largest absolute Gasteiger partial charge is 0.435 e. The third-order valence-corrected chi connectivity index (χ3v) is 4.17. The highest BCUT2D eigenvalue weighted by atomic mass is 127. The second-order valence-corrected chi connectivity index (χ2v) is 6.76. The van der Waals surface area contributed by atoms with Crippen LogP contribution in [0, 0.1) is 3.57 Å². The Kier molecular flexibility index (Phi) is 5.45. The van der Waals surface area contributed by atoms with E-state index >= 15 is 0 Å². The maximum Gasteiger partial charge on any atom is 0.435 e. The van der Waals surface area contributed by atoms with Crippen molar-refractivity contribution in [2.24, 2.45) is 0 Å². The fourth-order valence-electron chi connectivity index (χ4n) is 2.16. The normalized spacial score (nSPS) is 13.9. The van der Waals surface area contributed by atoms with Crippen molar-refractivity contribution in [3.8, 4) is 5.69 Å². The van der Waals surface area contributed by atoms with E-state index < -0.39 is 52.1 Å². The molecule has 0 atom stereocenters. The summed E-state index contributed by atoms with van der Waals surface area (Å²) >= 11 is 7.17. The maximum absolute atomic E-state index is 14.1. The van der Waals surface area contributed by atoms with Gasteiger partial charge in [0.2, 0.25) is 0 Å². The first-order valence-electron chi connectivity index (χ1n) is 6.44. The van der Waals surface area contributed by atoms with Gasteiger partial charge in [0, 0.05) is 11.8 Å². The fourth-order valence-corrected chi connectivity index (χ4v) is 2.85. The summed E-state index contributed by atoms with van der Waals surface area (Å²) in [5.74, 6) is 0. The molecule has 0 N–H and O–H groups in total. The first-order chi connectivity index (χ1) is 12.0. The number of hydrogen-bond donors (Lipinski definition) is 0. The van der Waals surface area contributed by atoms with Gasteiger partial charge in [0.1, 0.15) is 0 Å². The van der Waals surface area contributed by atoms with E-state index in [4.69, 9.17) is 11.6 Å². The third kappa shape index (κ3) is 3.84. The lowest BCUT2D eigenvalue weighted by atomic mass is 9.92. The highest BCUT2D eigenvalue weighted by Gasteiger charge is 2.73. The Balaban J connectivity index is 2.88. The molecule has 14 heteroatoms. The van der Waals surface area contributed by atoms with Gasteiger partial charge >= 0.3 is 24.2 Å². The van der Waals surface area contributed by atoms with Crippen LogP contribution in [-0.2, 0) is 11.8 Å². The first kappa shape index (κ1) is 22.0. The molecule has 0 amide bonds. The van der Waals surface area contributed by atoms with Gasteiger partial charge < -0.3 is 0 Å². The minimum atomic E-state index is -6.58. The van der Waals surface area contributed by atoms with Gasteiger partial charge in [-0.05, 0) is 34.7 Å². The van der Waals surface area contributed by atoms with Gasteiger partial charge in [-0.3, -0.25) is 0 Å². The smallest absolute Gasteiger partial charge is 0.238 e. The molecule has 0 bridgehead atoms. The zero-order valence-corrected chi connectivity index (χ0v) is 15.2. The zero-order valence-electron chi connectivity index (χ0n) is 12.2. The third-order valence-electron chi connectivity index (χ3n) is 3.33. The molecule has 2 rings (SSSR count). The molecular formula is C13H4ClF10IN2. The molecule has 2 aromatic rings. The van der Waals surface area contributed by atoms with Crippen molar-refractivity contribution in [1.82, 2.24) is 9.78 Å². The summed E-state index contributed by atoms with van der Waals surface area (Å²) in [7, 11) is 0. The van der Waals surface area contributed by atoms with Crippen LogP contribution in [0.5, 0.6) is 0 Å². The summed E-state index contributed by atoms with van der Waals surface area (Å²) in [4.78, 5) is 0. The predicted molar refractivity (Wildman–Crippen MR) is 81.2 cm³/mol. The molecular weight excluding hydrogens is 536 g/mol. The Morgan fingerprint density at radius 1 is 0.889 bits per heavy atom. The molecule has 2 nitrogen and oxygen atoms in total. The summed E-state index contributed by atoms with van der Waals surface area (Å²) in [5, 5.41) is 2.30. The molecule has 0 unspecified atom stereocenters. The van der Waals surface area contributed by atoms with Crippen LogP contribution in [0.2, 0.25) is 5.02 Å². The van der Waals surface area contributed by atoms with Gasteiger partial charge in [-0.25, -0.2) is 9.07 Å². The van der Waals surface area contributed by atoms with Crippen LogP contribution in [0.15, 0.2) is 24.5 Å². The molecule has 0 aliphatic carbocycles. The highest BCUT2D eigenvalue weighted by molar-refractivity contribution is 14.1. The summed E-state index contributed by atoms with van der Waals surface area (Å²) in [6.45, 7) is 0. The number of aromatic nitrogens is 2. The van der Waals surface area contributed by atoms with E-state index in [0.29, 0.717) is 8.25 Å². The maximum atomic E-state index is 14.1. The molecule has 27 heavy (non-hydrogen) atoms. The Morgan fingerprint density at radius 3 is 1.78 bits per heavy atom. The van der Waals surface area contributed by atoms with Crippen molar-refractivity contribution in [1.29, 1.82) is 0 Å². The lowest BCUT2D eigenvalue weighted by molar-refractivity contribution is -0.348. The zero-order chi connectivity index (χ0) is 21.0. The van der Waals surface area contributed by atoms with E-state index in [1.165, 1.54) is 0 Å². The molecule has 0 radical (unpaired) electrons. The van der Waals surface area contributed by atoms with Crippen molar-refractivity contribution in [2.45, 2.75) is 24.2 Å². The van der Waals surface area contributed by atoms with Crippen LogP contribution >= 0.6 is 34.2 Å². The van der Waals surface area contributed by atoms with E-state index in [2.05, 4.69) is 5.10 Å². The van der Waals surface area contributed by atoms with Crippen molar-refractivity contribution in [3.63, 3.8) is 0 Å². The highest BCUT2D eigenvalue weighted by Crippen LogP contribution is 2.54. The number of nitrogens with zero attached hydrogens (tertiary/aromatic N) is 2. The van der Waals surface area contributed by atoms with Crippen molar-refractivity contribution >= 4 is 34.2 Å². The summed E-state index contributed by atoms with van der Waals surface area (Å²) < 4.78 is 132. The predicted octanol–water partition coefficient (Wildman–Crippen LogP) is 6.44. The SMILES string of the molecule is FC(F)(F)c1cc(C(F)(C(F)(F)F)C(F)(F)F)cc(Cl)c1-n1cc(I)cn1. The molecule has 0 aliphatic rings. The van der Waals surface area contributed by atoms with Gasteiger partial charge in [0.15, 0.2) is 0 Å². The molecule has 150 valence electrons. The standard InChI is InChI=1S/C13H4ClF10IN2/c14-8-2-5(10(15,12(19,20)21)13(22,23)24)1-7(11(16,17)18)9(8)27-4-6(25)3-26-27/h1-4H. The van der Waals surface area contributed by atoms with Gasteiger partial charge in [-0.2, -0.15) is 44.6 Å². The monoisotopic (exact) mass is 540 g/mol. The van der Waals surface area contributed by atoms with Gasteiger partial charge in [0.25, 0.3) is 0 Å². The van der Waals surface area contributed by atoms with Crippen LogP contribution in [0.3, 0.4) is 0 Å². The van der Waals surface area contributed by atoms with Crippen molar-refractivity contribution in [2.75, 3.05) is 0 Å².